The predicted octanol–water partition coefficient (Wildman–Crippen LogP) is 14.7. The molecule has 0 aliphatic rings. The zero-order valence-corrected chi connectivity index (χ0v) is 32.5. The zero-order chi connectivity index (χ0) is 33.7. The van der Waals surface area contributed by atoms with Gasteiger partial charge in [0, 0.05) is 0 Å². The SMILES string of the molecule is CCCCCC(C)(C)c1cc(Cc2cc(C(C)(C)CCCCC)cc(C(C)(C)CCCCC)c2)cc(C(C)(C)CCCCC)c1. The molecule has 0 heterocycles. The van der Waals surface area contributed by atoms with Crippen LogP contribution >= 0.6 is 0 Å². The fourth-order valence-electron chi connectivity index (χ4n) is 7.23. The Bertz CT molecular complexity index is 955. The second kappa shape index (κ2) is 18.1. The molecule has 2 aromatic rings. The van der Waals surface area contributed by atoms with E-state index in [1.807, 2.05) is 0 Å². The van der Waals surface area contributed by atoms with Crippen LogP contribution in [0.4, 0.5) is 0 Å². The minimum atomic E-state index is 0.189. The molecule has 0 N–H and O–H groups in total. The van der Waals surface area contributed by atoms with Crippen molar-refractivity contribution in [1.82, 2.24) is 0 Å². The van der Waals surface area contributed by atoms with Crippen LogP contribution in [0.3, 0.4) is 0 Å². The molecule has 0 unspecified atom stereocenters. The van der Waals surface area contributed by atoms with E-state index in [0.717, 1.165) is 6.42 Å². The number of hydrogen-bond acceptors (Lipinski definition) is 0. The smallest absolute Gasteiger partial charge is 0.00254 e. The largest absolute Gasteiger partial charge is 0.0654 e. The van der Waals surface area contributed by atoms with Gasteiger partial charge in [-0.2, -0.15) is 0 Å². The molecule has 0 nitrogen and oxygen atoms in total. The average Bonchev–Trinajstić information content (AvgIpc) is 2.97. The first-order valence-electron chi connectivity index (χ1n) is 19.4. The summed E-state index contributed by atoms with van der Waals surface area (Å²) >= 11 is 0. The third-order valence-corrected chi connectivity index (χ3v) is 11.1. The van der Waals surface area contributed by atoms with Gasteiger partial charge < -0.3 is 0 Å². The zero-order valence-electron chi connectivity index (χ0n) is 32.5. The van der Waals surface area contributed by atoms with Gasteiger partial charge in [0.1, 0.15) is 0 Å². The van der Waals surface area contributed by atoms with E-state index in [1.165, 1.54) is 114 Å². The molecule has 0 bridgehead atoms. The standard InChI is InChI=1S/C45H76/c1-13-17-21-25-42(5,6)38-30-36(31-39(34-38)43(7,8)26-22-18-14-2)29-37-32-40(44(9,10)27-23-19-15-3)35-41(33-37)45(11,12)28-24-20-16-4/h30-35H,13-29H2,1-12H3. The van der Waals surface area contributed by atoms with Gasteiger partial charge in [-0.15, -0.1) is 0 Å². The van der Waals surface area contributed by atoms with E-state index >= 15 is 0 Å². The highest BCUT2D eigenvalue weighted by Crippen LogP contribution is 2.39. The highest BCUT2D eigenvalue weighted by molar-refractivity contribution is 5.43. The first kappa shape index (κ1) is 39.6. The predicted molar refractivity (Wildman–Crippen MR) is 204 cm³/mol. The Morgan fingerprint density at radius 2 is 0.556 bits per heavy atom. The Labute approximate surface area is 283 Å². The van der Waals surface area contributed by atoms with E-state index in [4.69, 9.17) is 0 Å². The molecule has 45 heavy (non-hydrogen) atoms. The maximum Gasteiger partial charge on any atom is -0.00254 e. The van der Waals surface area contributed by atoms with Gasteiger partial charge in [0.2, 0.25) is 0 Å². The molecule has 0 saturated heterocycles. The van der Waals surface area contributed by atoms with Crippen LogP contribution in [0.15, 0.2) is 36.4 Å². The molecular weight excluding hydrogens is 540 g/mol. The summed E-state index contributed by atoms with van der Waals surface area (Å²) in [6.07, 6.45) is 21.8. The minimum Gasteiger partial charge on any atom is -0.0654 e. The Kier molecular flexibility index (Phi) is 15.9. The average molecular weight is 617 g/mol. The molecule has 0 amide bonds. The van der Waals surface area contributed by atoms with Gasteiger partial charge >= 0.3 is 0 Å². The molecule has 0 spiro atoms. The molecule has 0 radical (unpaired) electrons. The van der Waals surface area contributed by atoms with Crippen molar-refractivity contribution < 1.29 is 0 Å². The molecule has 0 heteroatoms. The molecule has 0 aliphatic heterocycles. The van der Waals surface area contributed by atoms with Crippen LogP contribution in [-0.4, -0.2) is 0 Å². The summed E-state index contributed by atoms with van der Waals surface area (Å²) in [4.78, 5) is 0. The van der Waals surface area contributed by atoms with E-state index in [9.17, 15) is 0 Å². The fraction of sp³-hybridized carbons (Fsp3) is 0.733. The van der Waals surface area contributed by atoms with Crippen LogP contribution in [0.2, 0.25) is 0 Å². The number of benzene rings is 2. The quantitative estimate of drug-likeness (QED) is 0.115. The lowest BCUT2D eigenvalue weighted by Gasteiger charge is -2.32. The highest BCUT2D eigenvalue weighted by Gasteiger charge is 2.28. The van der Waals surface area contributed by atoms with Gasteiger partial charge in [0.25, 0.3) is 0 Å². The normalized spacial score (nSPS) is 13.1. The van der Waals surface area contributed by atoms with Crippen LogP contribution in [0.25, 0.3) is 0 Å². The summed E-state index contributed by atoms with van der Waals surface area (Å²) in [5.41, 5.74) is 9.96. The van der Waals surface area contributed by atoms with Crippen LogP contribution in [0.5, 0.6) is 0 Å². The molecule has 0 saturated carbocycles. The summed E-state index contributed by atoms with van der Waals surface area (Å²) in [6, 6.07) is 15.5. The van der Waals surface area contributed by atoms with Crippen LogP contribution in [-0.2, 0) is 28.1 Å². The lowest BCUT2D eigenvalue weighted by atomic mass is 9.72. The second-order valence-electron chi connectivity index (χ2n) is 17.4. The van der Waals surface area contributed by atoms with Crippen molar-refractivity contribution in [2.45, 2.75) is 214 Å². The summed E-state index contributed by atoms with van der Waals surface area (Å²) < 4.78 is 0. The van der Waals surface area contributed by atoms with Gasteiger partial charge in [-0.3, -0.25) is 0 Å². The minimum absolute atomic E-state index is 0.189. The third-order valence-electron chi connectivity index (χ3n) is 11.1. The number of rotatable bonds is 22. The Morgan fingerprint density at radius 3 is 0.756 bits per heavy atom. The van der Waals surface area contributed by atoms with Crippen LogP contribution in [0, 0.1) is 0 Å². The lowest BCUT2D eigenvalue weighted by molar-refractivity contribution is 0.436. The molecular formula is C45H76. The maximum absolute atomic E-state index is 2.59. The highest BCUT2D eigenvalue weighted by atomic mass is 14.3. The van der Waals surface area contributed by atoms with Crippen molar-refractivity contribution >= 4 is 0 Å². The molecule has 256 valence electrons. The van der Waals surface area contributed by atoms with E-state index in [2.05, 4.69) is 119 Å². The van der Waals surface area contributed by atoms with Gasteiger partial charge in [0.05, 0.1) is 0 Å². The molecule has 2 rings (SSSR count). The summed E-state index contributed by atoms with van der Waals surface area (Å²) in [7, 11) is 0. The molecule has 0 fully saturated rings. The van der Waals surface area contributed by atoms with E-state index < -0.39 is 0 Å². The Morgan fingerprint density at radius 1 is 0.333 bits per heavy atom. The molecule has 0 atom stereocenters. The Hall–Kier alpha value is -1.56. The van der Waals surface area contributed by atoms with Crippen molar-refractivity contribution in [3.05, 3.63) is 69.8 Å². The van der Waals surface area contributed by atoms with Gasteiger partial charge in [-0.1, -0.05) is 197 Å². The molecule has 0 aliphatic carbocycles. The van der Waals surface area contributed by atoms with Gasteiger partial charge in [0.15, 0.2) is 0 Å². The Balaban J connectivity index is 2.64. The molecule has 0 aromatic heterocycles. The van der Waals surface area contributed by atoms with Crippen LogP contribution in [0.1, 0.15) is 219 Å². The van der Waals surface area contributed by atoms with Crippen molar-refractivity contribution in [3.8, 4) is 0 Å². The summed E-state index contributed by atoms with van der Waals surface area (Å²) in [5.74, 6) is 0. The van der Waals surface area contributed by atoms with Crippen molar-refractivity contribution in [1.29, 1.82) is 0 Å². The van der Waals surface area contributed by atoms with Gasteiger partial charge in [-0.25, -0.2) is 0 Å². The van der Waals surface area contributed by atoms with E-state index in [-0.39, 0.29) is 21.7 Å². The maximum atomic E-state index is 2.59. The number of hydrogen-bond donors (Lipinski definition) is 0. The number of unbranched alkanes of at least 4 members (excludes halogenated alkanes) is 8. The third kappa shape index (κ3) is 12.5. The second-order valence-corrected chi connectivity index (χ2v) is 17.4. The summed E-state index contributed by atoms with van der Waals surface area (Å²) in [6.45, 7) is 29.2. The monoisotopic (exact) mass is 617 g/mol. The van der Waals surface area contributed by atoms with Crippen molar-refractivity contribution in [3.63, 3.8) is 0 Å². The van der Waals surface area contributed by atoms with Gasteiger partial charge in [-0.05, 0) is 87.1 Å². The topological polar surface area (TPSA) is 0 Å². The van der Waals surface area contributed by atoms with Crippen LogP contribution < -0.4 is 0 Å². The molecule has 2 aromatic carbocycles. The van der Waals surface area contributed by atoms with E-state index in [0.29, 0.717) is 0 Å². The lowest BCUT2D eigenvalue weighted by Crippen LogP contribution is -2.23. The first-order valence-corrected chi connectivity index (χ1v) is 19.4. The van der Waals surface area contributed by atoms with Crippen molar-refractivity contribution in [2.75, 3.05) is 0 Å². The fourth-order valence-corrected chi connectivity index (χ4v) is 7.23. The summed E-state index contributed by atoms with van der Waals surface area (Å²) in [5, 5.41) is 0. The van der Waals surface area contributed by atoms with Crippen molar-refractivity contribution in [2.24, 2.45) is 0 Å². The first-order chi connectivity index (χ1) is 21.1. The van der Waals surface area contributed by atoms with E-state index in [1.54, 1.807) is 22.3 Å².